The summed E-state index contributed by atoms with van der Waals surface area (Å²) < 4.78 is 9.72. The molecule has 1 heterocycles. The lowest BCUT2D eigenvalue weighted by atomic mass is 10.2. The van der Waals surface area contributed by atoms with Crippen LogP contribution >= 0.6 is 0 Å². The SMILES string of the molecule is CCOC(=O)[C@@H]1CC[C@@H](C#N)N1C(=O)OCC. The summed E-state index contributed by atoms with van der Waals surface area (Å²) in [4.78, 5) is 24.5. The Hall–Kier alpha value is -1.77. The fourth-order valence-electron chi connectivity index (χ4n) is 1.86. The molecule has 0 aromatic heterocycles. The fourth-order valence-corrected chi connectivity index (χ4v) is 1.86. The summed E-state index contributed by atoms with van der Waals surface area (Å²) in [5.74, 6) is -0.474. The highest BCUT2D eigenvalue weighted by Crippen LogP contribution is 2.25. The molecular weight excluding hydrogens is 224 g/mol. The third kappa shape index (κ3) is 2.87. The van der Waals surface area contributed by atoms with E-state index in [1.807, 2.05) is 6.07 Å². The van der Waals surface area contributed by atoms with Crippen LogP contribution in [0.1, 0.15) is 26.7 Å². The van der Waals surface area contributed by atoms with E-state index in [9.17, 15) is 9.59 Å². The first-order valence-electron chi connectivity index (χ1n) is 5.67. The minimum Gasteiger partial charge on any atom is -0.464 e. The van der Waals surface area contributed by atoms with E-state index in [4.69, 9.17) is 14.7 Å². The number of ether oxygens (including phenoxy) is 2. The number of amides is 1. The second kappa shape index (κ2) is 6.09. The van der Waals surface area contributed by atoms with Crippen LogP contribution in [-0.4, -0.2) is 42.3 Å². The number of likely N-dealkylation sites (tertiary alicyclic amines) is 1. The third-order valence-electron chi connectivity index (χ3n) is 2.57. The van der Waals surface area contributed by atoms with Crippen molar-refractivity contribution in [2.24, 2.45) is 0 Å². The zero-order chi connectivity index (χ0) is 12.8. The van der Waals surface area contributed by atoms with Crippen molar-refractivity contribution in [3.05, 3.63) is 0 Å². The Balaban J connectivity index is 2.80. The van der Waals surface area contributed by atoms with Gasteiger partial charge in [0, 0.05) is 0 Å². The van der Waals surface area contributed by atoms with Gasteiger partial charge in [0.1, 0.15) is 12.1 Å². The zero-order valence-corrected chi connectivity index (χ0v) is 10.0. The van der Waals surface area contributed by atoms with Crippen molar-refractivity contribution in [3.8, 4) is 6.07 Å². The van der Waals surface area contributed by atoms with Crippen molar-refractivity contribution in [3.63, 3.8) is 0 Å². The van der Waals surface area contributed by atoms with E-state index in [1.54, 1.807) is 13.8 Å². The van der Waals surface area contributed by atoms with Gasteiger partial charge in [-0.05, 0) is 26.7 Å². The van der Waals surface area contributed by atoms with E-state index >= 15 is 0 Å². The Morgan fingerprint density at radius 1 is 1.29 bits per heavy atom. The average Bonchev–Trinajstić information content (AvgIpc) is 2.73. The maximum atomic E-state index is 11.7. The van der Waals surface area contributed by atoms with E-state index in [0.717, 1.165) is 0 Å². The monoisotopic (exact) mass is 240 g/mol. The molecule has 2 atom stereocenters. The molecule has 6 nitrogen and oxygen atoms in total. The van der Waals surface area contributed by atoms with Gasteiger partial charge in [0.25, 0.3) is 0 Å². The summed E-state index contributed by atoms with van der Waals surface area (Å²) in [6.07, 6.45) is 0.281. The number of nitrogens with zero attached hydrogens (tertiary/aromatic N) is 2. The molecule has 0 aromatic carbocycles. The minimum atomic E-state index is -0.696. The summed E-state index contributed by atoms with van der Waals surface area (Å²) in [7, 11) is 0. The molecule has 0 unspecified atom stereocenters. The van der Waals surface area contributed by atoms with Crippen LogP contribution in [-0.2, 0) is 14.3 Å². The van der Waals surface area contributed by atoms with Gasteiger partial charge in [0.05, 0.1) is 19.3 Å². The number of rotatable bonds is 3. The lowest BCUT2D eigenvalue weighted by molar-refractivity contribution is -0.148. The van der Waals surface area contributed by atoms with Gasteiger partial charge in [-0.15, -0.1) is 0 Å². The molecule has 94 valence electrons. The molecule has 1 amide bonds. The predicted octanol–water partition coefficient (Wildman–Crippen LogP) is 1.06. The molecule has 0 saturated carbocycles. The smallest absolute Gasteiger partial charge is 0.411 e. The number of nitriles is 1. The quantitative estimate of drug-likeness (QED) is 0.689. The van der Waals surface area contributed by atoms with Crippen LogP contribution in [0.4, 0.5) is 4.79 Å². The molecule has 0 bridgehead atoms. The van der Waals surface area contributed by atoms with Gasteiger partial charge in [-0.1, -0.05) is 0 Å². The van der Waals surface area contributed by atoms with Crippen LogP contribution in [0.2, 0.25) is 0 Å². The van der Waals surface area contributed by atoms with E-state index in [2.05, 4.69) is 0 Å². The van der Waals surface area contributed by atoms with Crippen LogP contribution in [0.15, 0.2) is 0 Å². The summed E-state index contributed by atoms with van der Waals surface area (Å²) in [6, 6.07) is 0.694. The summed E-state index contributed by atoms with van der Waals surface area (Å²) >= 11 is 0. The Morgan fingerprint density at radius 3 is 2.47 bits per heavy atom. The molecule has 1 aliphatic heterocycles. The summed E-state index contributed by atoms with van der Waals surface area (Å²) in [5.41, 5.74) is 0. The van der Waals surface area contributed by atoms with E-state index in [-0.39, 0.29) is 13.2 Å². The van der Waals surface area contributed by atoms with Crippen molar-refractivity contribution in [1.82, 2.24) is 4.90 Å². The van der Waals surface area contributed by atoms with Gasteiger partial charge in [-0.3, -0.25) is 4.90 Å². The Morgan fingerprint density at radius 2 is 1.94 bits per heavy atom. The number of hydrogen-bond acceptors (Lipinski definition) is 5. The van der Waals surface area contributed by atoms with Crippen LogP contribution in [0.3, 0.4) is 0 Å². The maximum absolute atomic E-state index is 11.7. The molecule has 6 heteroatoms. The van der Waals surface area contributed by atoms with Gasteiger partial charge in [-0.2, -0.15) is 5.26 Å². The van der Waals surface area contributed by atoms with Crippen LogP contribution < -0.4 is 0 Å². The first-order chi connectivity index (χ1) is 8.15. The number of esters is 1. The molecule has 1 rings (SSSR count). The first-order valence-corrected chi connectivity index (χ1v) is 5.67. The number of carbonyl (C=O) groups is 2. The average molecular weight is 240 g/mol. The number of hydrogen-bond donors (Lipinski definition) is 0. The van der Waals surface area contributed by atoms with Gasteiger partial charge >= 0.3 is 12.1 Å². The predicted molar refractivity (Wildman–Crippen MR) is 57.9 cm³/mol. The zero-order valence-electron chi connectivity index (χ0n) is 10.0. The molecule has 0 radical (unpaired) electrons. The lowest BCUT2D eigenvalue weighted by Gasteiger charge is -2.24. The van der Waals surface area contributed by atoms with Crippen LogP contribution in [0.25, 0.3) is 0 Å². The molecule has 1 saturated heterocycles. The second-order valence-corrected chi connectivity index (χ2v) is 3.60. The molecular formula is C11H16N2O4. The topological polar surface area (TPSA) is 79.6 Å². The third-order valence-corrected chi connectivity index (χ3v) is 2.57. The van der Waals surface area contributed by atoms with Gasteiger partial charge in [0.2, 0.25) is 0 Å². The molecule has 1 aliphatic rings. The molecule has 1 fully saturated rings. The Kier molecular flexibility index (Phi) is 4.76. The highest BCUT2D eigenvalue weighted by Gasteiger charge is 2.42. The normalized spacial score (nSPS) is 23.0. The van der Waals surface area contributed by atoms with E-state index < -0.39 is 24.1 Å². The molecule has 17 heavy (non-hydrogen) atoms. The standard InChI is InChI=1S/C11H16N2O4/c1-3-16-10(14)9-6-5-8(7-12)13(9)11(15)17-4-2/h8-9H,3-6H2,1-2H3/t8-,9-/m0/s1. The fraction of sp³-hybridized carbons (Fsp3) is 0.727. The first kappa shape index (κ1) is 13.3. The second-order valence-electron chi connectivity index (χ2n) is 3.60. The van der Waals surface area contributed by atoms with Crippen LogP contribution in [0, 0.1) is 11.3 Å². The highest BCUT2D eigenvalue weighted by atomic mass is 16.6. The van der Waals surface area contributed by atoms with Crippen molar-refractivity contribution >= 4 is 12.1 Å². The van der Waals surface area contributed by atoms with E-state index in [1.165, 1.54) is 4.90 Å². The van der Waals surface area contributed by atoms with Crippen molar-refractivity contribution < 1.29 is 19.1 Å². The Bertz CT molecular complexity index is 337. The van der Waals surface area contributed by atoms with Crippen molar-refractivity contribution in [2.45, 2.75) is 38.8 Å². The molecule has 0 N–H and O–H groups in total. The molecule has 0 aliphatic carbocycles. The minimum absolute atomic E-state index is 0.211. The summed E-state index contributed by atoms with van der Waals surface area (Å²) in [5, 5.41) is 8.93. The highest BCUT2D eigenvalue weighted by molar-refractivity contribution is 5.82. The Labute approximate surface area is 100 Å². The van der Waals surface area contributed by atoms with E-state index in [0.29, 0.717) is 12.8 Å². The largest absolute Gasteiger partial charge is 0.464 e. The van der Waals surface area contributed by atoms with Crippen molar-refractivity contribution in [1.29, 1.82) is 5.26 Å². The van der Waals surface area contributed by atoms with Gasteiger partial charge < -0.3 is 9.47 Å². The molecule has 0 aromatic rings. The van der Waals surface area contributed by atoms with Crippen molar-refractivity contribution in [2.75, 3.05) is 13.2 Å². The van der Waals surface area contributed by atoms with Crippen LogP contribution in [0.5, 0.6) is 0 Å². The van der Waals surface area contributed by atoms with Gasteiger partial charge in [-0.25, -0.2) is 9.59 Å². The van der Waals surface area contributed by atoms with Gasteiger partial charge in [0.15, 0.2) is 0 Å². The summed E-state index contributed by atoms with van der Waals surface area (Å²) in [6.45, 7) is 3.84. The number of carbonyl (C=O) groups excluding carboxylic acids is 2. The molecule has 0 spiro atoms. The lowest BCUT2D eigenvalue weighted by Crippen LogP contribution is -2.45. The maximum Gasteiger partial charge on any atom is 0.411 e.